The quantitative estimate of drug-likeness (QED) is 0.204. The third-order valence-electron chi connectivity index (χ3n) is 7.42. The summed E-state index contributed by atoms with van der Waals surface area (Å²) in [6.45, 7) is 2.08. The highest BCUT2D eigenvalue weighted by atomic mass is 32.1. The molecule has 3 heterocycles. The van der Waals surface area contributed by atoms with Gasteiger partial charge in [-0.2, -0.15) is 10.2 Å². The second kappa shape index (κ2) is 15.5. The largest absolute Gasteiger partial charge is 0.490 e. The van der Waals surface area contributed by atoms with Crippen LogP contribution in [0, 0.1) is 0 Å². The Morgan fingerprint density at radius 2 is 1.58 bits per heavy atom. The topological polar surface area (TPSA) is 110 Å². The summed E-state index contributed by atoms with van der Waals surface area (Å²) in [4.78, 5) is 27.3. The molecule has 10 heteroatoms. The second-order valence-electron chi connectivity index (χ2n) is 11.1. The molecule has 0 spiro atoms. The highest BCUT2D eigenvalue weighted by Gasteiger charge is 2.18. The van der Waals surface area contributed by atoms with Crippen molar-refractivity contribution in [1.29, 1.82) is 0 Å². The first-order valence-electron chi connectivity index (χ1n) is 14.9. The molecule has 4 aromatic rings. The van der Waals surface area contributed by atoms with Gasteiger partial charge in [-0.3, -0.25) is 9.59 Å². The first-order valence-corrected chi connectivity index (χ1v) is 15.7. The summed E-state index contributed by atoms with van der Waals surface area (Å²) in [6, 6.07) is 21.4. The molecule has 2 aromatic carbocycles. The lowest BCUT2D eigenvalue weighted by Crippen LogP contribution is -2.35. The Morgan fingerprint density at radius 1 is 0.837 bits per heavy atom. The molecule has 0 radical (unpaired) electrons. The van der Waals surface area contributed by atoms with Crippen LogP contribution in [0.4, 0.5) is 5.13 Å². The van der Waals surface area contributed by atoms with Crippen LogP contribution in [-0.4, -0.2) is 63.2 Å². The van der Waals surface area contributed by atoms with Gasteiger partial charge in [-0.05, 0) is 74.5 Å². The van der Waals surface area contributed by atoms with Crippen LogP contribution in [0.25, 0.3) is 0 Å². The standard InChI is InChI=1S/C33H38N6O3S/c1-39-18-16-29(17-19-39)42-30-12-7-10-25(21-30)22-31(41)34-33-38-37-32(43-33)13-6-5-11-26-14-15-27(36-35-26)23-28(40)20-24-8-3-2-4-9-24/h2-4,7-10,12,14-15,21,29H,5-6,11,13,16-20,22-23H2,1H3,(H,34,38,41). The zero-order chi connectivity index (χ0) is 29.9. The Balaban J connectivity index is 0.993. The molecule has 0 aliphatic carbocycles. The van der Waals surface area contributed by atoms with Crippen molar-refractivity contribution in [3.05, 3.63) is 94.3 Å². The van der Waals surface area contributed by atoms with Crippen LogP contribution in [0.5, 0.6) is 5.75 Å². The van der Waals surface area contributed by atoms with Gasteiger partial charge in [0, 0.05) is 25.9 Å². The van der Waals surface area contributed by atoms with Crippen LogP contribution in [0.15, 0.2) is 66.7 Å². The first-order chi connectivity index (χ1) is 21.0. The van der Waals surface area contributed by atoms with Crippen molar-refractivity contribution in [1.82, 2.24) is 25.3 Å². The lowest BCUT2D eigenvalue weighted by atomic mass is 10.1. The number of anilines is 1. The predicted molar refractivity (Wildman–Crippen MR) is 167 cm³/mol. The van der Waals surface area contributed by atoms with E-state index in [1.165, 1.54) is 11.3 Å². The molecule has 43 heavy (non-hydrogen) atoms. The van der Waals surface area contributed by atoms with E-state index in [0.29, 0.717) is 17.2 Å². The van der Waals surface area contributed by atoms with E-state index in [4.69, 9.17) is 4.74 Å². The zero-order valence-electron chi connectivity index (χ0n) is 24.6. The minimum absolute atomic E-state index is 0.122. The average molecular weight is 599 g/mol. The summed E-state index contributed by atoms with van der Waals surface area (Å²) < 4.78 is 6.16. The number of ketones is 1. The van der Waals surface area contributed by atoms with Gasteiger partial charge in [0.1, 0.15) is 22.6 Å². The number of nitrogens with zero attached hydrogens (tertiary/aromatic N) is 5. The first kappa shape index (κ1) is 30.4. The maximum atomic E-state index is 12.7. The lowest BCUT2D eigenvalue weighted by Gasteiger charge is -2.29. The van der Waals surface area contributed by atoms with Gasteiger partial charge in [-0.25, -0.2) is 0 Å². The number of nitrogens with one attached hydrogen (secondary N) is 1. The fourth-order valence-corrected chi connectivity index (χ4v) is 5.86. The summed E-state index contributed by atoms with van der Waals surface area (Å²) in [6.07, 6.45) is 6.63. The molecule has 2 aromatic heterocycles. The normalized spacial score (nSPS) is 14.0. The second-order valence-corrected chi connectivity index (χ2v) is 12.2. The van der Waals surface area contributed by atoms with Crippen LogP contribution in [-0.2, 0) is 41.7 Å². The van der Waals surface area contributed by atoms with Gasteiger partial charge in [0.2, 0.25) is 11.0 Å². The molecular weight excluding hydrogens is 560 g/mol. The minimum atomic E-state index is -0.122. The number of rotatable bonds is 14. The van der Waals surface area contributed by atoms with E-state index >= 15 is 0 Å². The van der Waals surface area contributed by atoms with E-state index in [-0.39, 0.29) is 30.6 Å². The number of piperidine rings is 1. The van der Waals surface area contributed by atoms with Crippen molar-refractivity contribution in [2.24, 2.45) is 0 Å². The number of benzene rings is 2. The van der Waals surface area contributed by atoms with Gasteiger partial charge < -0.3 is 15.0 Å². The molecule has 224 valence electrons. The molecule has 0 saturated carbocycles. The number of unbranched alkanes of at least 4 members (excludes halogenated alkanes) is 1. The Hall–Kier alpha value is -4.02. The third-order valence-corrected chi connectivity index (χ3v) is 8.31. The number of Topliss-reactive ketones (excluding diaryl/α,β-unsaturated/α-hetero) is 1. The number of aromatic nitrogens is 4. The van der Waals surface area contributed by atoms with Crippen LogP contribution < -0.4 is 10.1 Å². The fourth-order valence-electron chi connectivity index (χ4n) is 5.06. The smallest absolute Gasteiger partial charge is 0.230 e. The minimum Gasteiger partial charge on any atom is -0.490 e. The van der Waals surface area contributed by atoms with E-state index in [0.717, 1.165) is 79.2 Å². The van der Waals surface area contributed by atoms with Crippen molar-refractivity contribution in [2.45, 2.75) is 63.9 Å². The van der Waals surface area contributed by atoms with Crippen LogP contribution in [0.2, 0.25) is 0 Å². The molecular formula is C33H38N6O3S. The molecule has 5 rings (SSSR count). The van der Waals surface area contributed by atoms with E-state index < -0.39 is 0 Å². The summed E-state index contributed by atoms with van der Waals surface area (Å²) in [5.74, 6) is 0.819. The van der Waals surface area contributed by atoms with Gasteiger partial charge >= 0.3 is 0 Å². The van der Waals surface area contributed by atoms with Gasteiger partial charge in [-0.1, -0.05) is 53.8 Å². The zero-order valence-corrected chi connectivity index (χ0v) is 25.4. The molecule has 0 atom stereocenters. The summed E-state index contributed by atoms with van der Waals surface area (Å²) in [7, 11) is 2.13. The summed E-state index contributed by atoms with van der Waals surface area (Å²) in [5, 5.41) is 21.2. The molecule has 1 N–H and O–H groups in total. The predicted octanol–water partition coefficient (Wildman–Crippen LogP) is 4.90. The maximum absolute atomic E-state index is 12.7. The van der Waals surface area contributed by atoms with E-state index in [2.05, 4.69) is 37.7 Å². The van der Waals surface area contributed by atoms with Crippen LogP contribution >= 0.6 is 11.3 Å². The Kier molecular flexibility index (Phi) is 10.9. The van der Waals surface area contributed by atoms with Gasteiger partial charge in [0.15, 0.2) is 0 Å². The molecule has 9 nitrogen and oxygen atoms in total. The number of aryl methyl sites for hydroxylation is 2. The van der Waals surface area contributed by atoms with E-state index in [1.54, 1.807) is 0 Å². The molecule has 0 unspecified atom stereocenters. The molecule has 1 aliphatic heterocycles. The fraction of sp³-hybridized carbons (Fsp3) is 0.394. The number of carbonyl (C=O) groups is 2. The Morgan fingerprint density at radius 3 is 2.37 bits per heavy atom. The monoisotopic (exact) mass is 598 g/mol. The Labute approximate surface area is 256 Å². The van der Waals surface area contributed by atoms with Crippen molar-refractivity contribution in [3.63, 3.8) is 0 Å². The number of hydrogen-bond acceptors (Lipinski definition) is 9. The van der Waals surface area contributed by atoms with Crippen LogP contribution in [0.3, 0.4) is 0 Å². The molecule has 1 amide bonds. The van der Waals surface area contributed by atoms with Crippen molar-refractivity contribution in [3.8, 4) is 5.75 Å². The number of hydrogen-bond donors (Lipinski definition) is 1. The highest BCUT2D eigenvalue weighted by Crippen LogP contribution is 2.21. The summed E-state index contributed by atoms with van der Waals surface area (Å²) >= 11 is 1.41. The molecule has 0 bridgehead atoms. The van der Waals surface area contributed by atoms with Gasteiger partial charge in [0.25, 0.3) is 0 Å². The van der Waals surface area contributed by atoms with Crippen molar-refractivity contribution >= 4 is 28.2 Å². The van der Waals surface area contributed by atoms with E-state index in [9.17, 15) is 9.59 Å². The number of likely N-dealkylation sites (tertiary alicyclic amines) is 1. The highest BCUT2D eigenvalue weighted by molar-refractivity contribution is 7.15. The maximum Gasteiger partial charge on any atom is 0.230 e. The number of amides is 1. The molecule has 1 saturated heterocycles. The number of carbonyl (C=O) groups excluding carboxylic acids is 2. The third kappa shape index (κ3) is 10.0. The lowest BCUT2D eigenvalue weighted by molar-refractivity contribution is -0.118. The SMILES string of the molecule is CN1CCC(Oc2cccc(CC(=O)Nc3nnc(CCCCc4ccc(CC(=O)Cc5ccccc5)nn4)s3)c2)CC1. The number of ether oxygens (including phenoxy) is 1. The molecule has 1 aliphatic rings. The van der Waals surface area contributed by atoms with Gasteiger partial charge in [0.05, 0.1) is 24.2 Å². The van der Waals surface area contributed by atoms with E-state index in [1.807, 2.05) is 66.7 Å². The molecule has 1 fully saturated rings. The summed E-state index contributed by atoms with van der Waals surface area (Å²) in [5.41, 5.74) is 3.52. The average Bonchev–Trinajstić information content (AvgIpc) is 3.45. The Bertz CT molecular complexity index is 1470. The van der Waals surface area contributed by atoms with Crippen molar-refractivity contribution < 1.29 is 14.3 Å². The van der Waals surface area contributed by atoms with Crippen molar-refractivity contribution in [2.75, 3.05) is 25.5 Å². The van der Waals surface area contributed by atoms with Gasteiger partial charge in [-0.15, -0.1) is 10.2 Å². The van der Waals surface area contributed by atoms with Crippen LogP contribution in [0.1, 0.15) is 53.2 Å².